The third-order valence-electron chi connectivity index (χ3n) is 6.33. The van der Waals surface area contributed by atoms with Crippen molar-refractivity contribution < 1.29 is 19.5 Å². The van der Waals surface area contributed by atoms with Gasteiger partial charge in [-0.3, -0.25) is 24.3 Å². The van der Waals surface area contributed by atoms with E-state index in [1.807, 2.05) is 24.3 Å². The van der Waals surface area contributed by atoms with Gasteiger partial charge >= 0.3 is 0 Å². The van der Waals surface area contributed by atoms with Crippen molar-refractivity contribution in [3.63, 3.8) is 0 Å². The number of imide groups is 1. The maximum absolute atomic E-state index is 13.7. The van der Waals surface area contributed by atoms with E-state index in [0.29, 0.717) is 11.1 Å². The van der Waals surface area contributed by atoms with E-state index < -0.39 is 11.5 Å². The molecule has 174 valence electrons. The van der Waals surface area contributed by atoms with Crippen LogP contribution in [0.3, 0.4) is 0 Å². The number of likely N-dealkylation sites (N-methyl/N-ethyl adjacent to an activating group) is 1. The fraction of sp³-hybridized carbons (Fsp3) is 0.259. The predicted octanol–water partition coefficient (Wildman–Crippen LogP) is 2.86. The Morgan fingerprint density at radius 1 is 1.03 bits per heavy atom. The fourth-order valence-electron chi connectivity index (χ4n) is 4.39. The number of rotatable bonds is 8. The van der Waals surface area contributed by atoms with Crippen molar-refractivity contribution in [1.29, 1.82) is 0 Å². The summed E-state index contributed by atoms with van der Waals surface area (Å²) in [4.78, 5) is 46.6. The fourth-order valence-corrected chi connectivity index (χ4v) is 4.39. The van der Waals surface area contributed by atoms with Crippen LogP contribution < -0.4 is 0 Å². The molecule has 0 aliphatic carbocycles. The number of hydrogen-bond donors (Lipinski definition) is 1. The lowest BCUT2D eigenvalue weighted by molar-refractivity contribution is -0.143. The van der Waals surface area contributed by atoms with Gasteiger partial charge in [0.1, 0.15) is 0 Å². The minimum atomic E-state index is -1.28. The van der Waals surface area contributed by atoms with Crippen LogP contribution >= 0.6 is 0 Å². The number of pyridine rings is 1. The molecule has 7 nitrogen and oxygen atoms in total. The highest BCUT2D eigenvalue weighted by Gasteiger charge is 2.53. The zero-order chi connectivity index (χ0) is 24.1. The van der Waals surface area contributed by atoms with Gasteiger partial charge in [-0.2, -0.15) is 0 Å². The number of hydrogen-bond acceptors (Lipinski definition) is 5. The van der Waals surface area contributed by atoms with Crippen molar-refractivity contribution >= 4 is 17.7 Å². The lowest BCUT2D eigenvalue weighted by atomic mass is 9.75. The van der Waals surface area contributed by atoms with Crippen LogP contribution in [0.5, 0.6) is 0 Å². The molecule has 2 aromatic carbocycles. The quantitative estimate of drug-likeness (QED) is 0.526. The molecule has 3 amide bonds. The number of amides is 3. The van der Waals surface area contributed by atoms with Gasteiger partial charge in [-0.1, -0.05) is 60.7 Å². The minimum absolute atomic E-state index is 0.0799. The number of aromatic nitrogens is 1. The molecule has 2 atom stereocenters. The van der Waals surface area contributed by atoms with Crippen LogP contribution in [0.25, 0.3) is 0 Å². The van der Waals surface area contributed by atoms with Crippen molar-refractivity contribution in [2.45, 2.75) is 30.9 Å². The van der Waals surface area contributed by atoms with Crippen molar-refractivity contribution in [2.24, 2.45) is 0 Å². The number of carbonyl (C=O) groups is 3. The van der Waals surface area contributed by atoms with Crippen molar-refractivity contribution in [3.8, 4) is 0 Å². The molecule has 4 rings (SSSR count). The molecule has 0 spiro atoms. The van der Waals surface area contributed by atoms with Crippen LogP contribution in [0.1, 0.15) is 35.6 Å². The van der Waals surface area contributed by atoms with Gasteiger partial charge < -0.3 is 10.0 Å². The number of nitrogens with zero attached hydrogens (tertiary/aromatic N) is 3. The Bertz CT molecular complexity index is 1150. The molecular weight excluding hydrogens is 430 g/mol. The van der Waals surface area contributed by atoms with Crippen LogP contribution in [0.15, 0.2) is 85.2 Å². The number of carbonyl (C=O) groups excluding carboxylic acids is 3. The van der Waals surface area contributed by atoms with Crippen molar-refractivity contribution in [3.05, 3.63) is 102 Å². The van der Waals surface area contributed by atoms with E-state index in [9.17, 15) is 19.5 Å². The van der Waals surface area contributed by atoms with Crippen LogP contribution in [0.4, 0.5) is 0 Å². The van der Waals surface area contributed by atoms with E-state index in [-0.39, 0.29) is 43.7 Å². The van der Waals surface area contributed by atoms with E-state index >= 15 is 0 Å². The van der Waals surface area contributed by atoms with E-state index in [1.54, 1.807) is 68.0 Å². The summed E-state index contributed by atoms with van der Waals surface area (Å²) in [5, 5.41) is 10.6. The summed E-state index contributed by atoms with van der Waals surface area (Å²) in [6.45, 7) is 0.210. The highest BCUT2D eigenvalue weighted by Crippen LogP contribution is 2.41. The van der Waals surface area contributed by atoms with Crippen LogP contribution in [0, 0.1) is 0 Å². The Balaban J connectivity index is 1.57. The van der Waals surface area contributed by atoms with Gasteiger partial charge in [-0.15, -0.1) is 0 Å². The zero-order valence-electron chi connectivity index (χ0n) is 19.0. The first kappa shape index (κ1) is 23.3. The Labute approximate surface area is 198 Å². The van der Waals surface area contributed by atoms with Gasteiger partial charge in [0.15, 0.2) is 0 Å². The molecule has 0 saturated carbocycles. The summed E-state index contributed by atoms with van der Waals surface area (Å²) in [6, 6.07) is 21.6. The van der Waals surface area contributed by atoms with Crippen molar-refractivity contribution in [1.82, 2.24) is 14.8 Å². The van der Waals surface area contributed by atoms with Crippen LogP contribution in [-0.2, 0) is 26.3 Å². The summed E-state index contributed by atoms with van der Waals surface area (Å²) in [6.07, 6.45) is 2.13. The first-order valence-electron chi connectivity index (χ1n) is 11.2. The maximum Gasteiger partial charge on any atom is 0.241 e. The third-order valence-corrected chi connectivity index (χ3v) is 6.33. The molecule has 1 aromatic heterocycles. The summed E-state index contributed by atoms with van der Waals surface area (Å²) >= 11 is 0. The molecule has 1 N–H and O–H groups in total. The Hall–Kier alpha value is -3.84. The smallest absolute Gasteiger partial charge is 0.241 e. The second-order valence-electron chi connectivity index (χ2n) is 8.64. The van der Waals surface area contributed by atoms with Gasteiger partial charge in [-0.05, 0) is 28.8 Å². The van der Waals surface area contributed by atoms with E-state index in [4.69, 9.17) is 0 Å². The highest BCUT2D eigenvalue weighted by molar-refractivity contribution is 6.10. The second-order valence-corrected chi connectivity index (χ2v) is 8.64. The third kappa shape index (κ3) is 4.75. The Morgan fingerprint density at radius 2 is 1.65 bits per heavy atom. The number of aliphatic hydroxyl groups excluding tert-OH is 1. The van der Waals surface area contributed by atoms with Crippen LogP contribution in [-0.4, -0.2) is 51.2 Å². The Morgan fingerprint density at radius 3 is 2.29 bits per heavy atom. The number of aliphatic hydroxyl groups is 1. The van der Waals surface area contributed by atoms with E-state index in [1.165, 1.54) is 9.80 Å². The SMILES string of the molecule is CN(CC(O)c1ccccc1)C(=O)CC1(c2ccccc2)CC(=O)N(Cc2ccncc2)C1=O. The maximum atomic E-state index is 13.7. The van der Waals surface area contributed by atoms with Crippen LogP contribution in [0.2, 0.25) is 0 Å². The molecule has 3 aromatic rings. The second kappa shape index (κ2) is 9.97. The molecule has 1 fully saturated rings. The lowest BCUT2D eigenvalue weighted by Gasteiger charge is -2.30. The predicted molar refractivity (Wildman–Crippen MR) is 126 cm³/mol. The molecule has 2 heterocycles. The molecular formula is C27H27N3O4. The molecule has 1 aliphatic heterocycles. The molecule has 7 heteroatoms. The summed E-state index contributed by atoms with van der Waals surface area (Å²) in [5.74, 6) is -1.01. The monoisotopic (exact) mass is 457 g/mol. The van der Waals surface area contributed by atoms with Gasteiger partial charge in [-0.25, -0.2) is 0 Å². The standard InChI is InChI=1S/C27H27N3O4/c1-29(19-23(31)21-8-4-2-5-9-21)24(32)16-27(22-10-6-3-7-11-22)17-25(33)30(26(27)34)18-20-12-14-28-15-13-20/h2-15,23,31H,16-19H2,1H3. The molecule has 2 unspecified atom stereocenters. The van der Waals surface area contributed by atoms with Gasteiger partial charge in [0, 0.05) is 32.3 Å². The Kier molecular flexibility index (Phi) is 6.84. The first-order valence-corrected chi connectivity index (χ1v) is 11.2. The average Bonchev–Trinajstić information content (AvgIpc) is 3.10. The molecule has 0 bridgehead atoms. The van der Waals surface area contributed by atoms with E-state index in [0.717, 1.165) is 5.56 Å². The summed E-state index contributed by atoms with van der Waals surface area (Å²) in [5.41, 5.74) is 0.843. The molecule has 1 saturated heterocycles. The topological polar surface area (TPSA) is 90.8 Å². The first-order chi connectivity index (χ1) is 16.4. The van der Waals surface area contributed by atoms with E-state index in [2.05, 4.69) is 4.98 Å². The normalized spacial score (nSPS) is 18.7. The van der Waals surface area contributed by atoms with Gasteiger partial charge in [0.2, 0.25) is 17.7 Å². The lowest BCUT2D eigenvalue weighted by Crippen LogP contribution is -2.43. The molecule has 34 heavy (non-hydrogen) atoms. The van der Waals surface area contributed by atoms with Gasteiger partial charge in [0.05, 0.1) is 24.6 Å². The summed E-state index contributed by atoms with van der Waals surface area (Å²) in [7, 11) is 1.60. The highest BCUT2D eigenvalue weighted by atomic mass is 16.3. The van der Waals surface area contributed by atoms with Crippen molar-refractivity contribution in [2.75, 3.05) is 13.6 Å². The average molecular weight is 458 g/mol. The zero-order valence-corrected chi connectivity index (χ0v) is 19.0. The minimum Gasteiger partial charge on any atom is -0.387 e. The van der Waals surface area contributed by atoms with Gasteiger partial charge in [0.25, 0.3) is 0 Å². The number of likely N-dealkylation sites (tertiary alicyclic amines) is 1. The molecule has 1 aliphatic rings. The number of benzene rings is 2. The largest absolute Gasteiger partial charge is 0.387 e. The summed E-state index contributed by atoms with van der Waals surface area (Å²) < 4.78 is 0. The molecule has 0 radical (unpaired) electrons.